The number of carbonyl (C=O) groups excluding carboxylic acids is 1. The number of hydrogen-bond donors (Lipinski definition) is 0. The van der Waals surface area contributed by atoms with Crippen LogP contribution in [0.15, 0.2) is 42.5 Å². The lowest BCUT2D eigenvalue weighted by molar-refractivity contribution is 0.0624. The van der Waals surface area contributed by atoms with Gasteiger partial charge in [0.1, 0.15) is 17.2 Å². The van der Waals surface area contributed by atoms with E-state index in [1.807, 2.05) is 47.4 Å². The minimum absolute atomic E-state index is 0.0223. The van der Waals surface area contributed by atoms with E-state index >= 15 is 0 Å². The molecule has 2 aromatic carbocycles. The zero-order valence-corrected chi connectivity index (χ0v) is 16.1. The number of hydrogen-bond acceptors (Lipinski definition) is 5. The Kier molecular flexibility index (Phi) is 6.19. The second-order valence-corrected chi connectivity index (χ2v) is 6.45. The van der Waals surface area contributed by atoms with E-state index in [9.17, 15) is 4.79 Å². The molecule has 0 spiro atoms. The zero-order chi connectivity index (χ0) is 19.2. The Labute approximate surface area is 160 Å². The van der Waals surface area contributed by atoms with Gasteiger partial charge in [-0.05, 0) is 18.2 Å². The molecule has 1 aliphatic heterocycles. The van der Waals surface area contributed by atoms with Crippen LogP contribution in [0.4, 0.5) is 0 Å². The Bertz CT molecular complexity index is 786. The van der Waals surface area contributed by atoms with Crippen LogP contribution in [0.5, 0.6) is 17.2 Å². The minimum Gasteiger partial charge on any atom is -0.497 e. The minimum atomic E-state index is 0.0223. The van der Waals surface area contributed by atoms with E-state index in [1.54, 1.807) is 21.3 Å². The maximum absolute atomic E-state index is 12.8. The summed E-state index contributed by atoms with van der Waals surface area (Å²) in [7, 11) is 4.90. The quantitative estimate of drug-likeness (QED) is 0.783. The Morgan fingerprint density at radius 3 is 2.26 bits per heavy atom. The van der Waals surface area contributed by atoms with Gasteiger partial charge in [0.15, 0.2) is 0 Å². The van der Waals surface area contributed by atoms with Gasteiger partial charge in [-0.2, -0.15) is 0 Å². The predicted molar refractivity (Wildman–Crippen MR) is 104 cm³/mol. The third-order valence-electron chi connectivity index (χ3n) is 4.89. The Balaban J connectivity index is 1.61. The first kappa shape index (κ1) is 19.0. The standard InChI is InChI=1S/C21H26N2O4/c1-25-17-9-8-16(20(14-17)27-3)15-22-10-12-23(13-11-22)21(24)18-6-4-5-7-19(18)26-2/h4-9,14H,10-13,15H2,1-3H3. The fraction of sp³-hybridized carbons (Fsp3) is 0.381. The number of para-hydroxylation sites is 1. The van der Waals surface area contributed by atoms with Crippen molar-refractivity contribution in [1.82, 2.24) is 9.80 Å². The average Bonchev–Trinajstić information content (AvgIpc) is 2.74. The summed E-state index contributed by atoms with van der Waals surface area (Å²) in [6, 6.07) is 13.2. The molecule has 0 atom stereocenters. The number of amides is 1. The molecule has 0 saturated carbocycles. The summed E-state index contributed by atoms with van der Waals surface area (Å²) in [6.45, 7) is 3.79. The normalized spacial score (nSPS) is 14.7. The van der Waals surface area contributed by atoms with Crippen molar-refractivity contribution in [3.8, 4) is 17.2 Å². The molecule has 0 aromatic heterocycles. The summed E-state index contributed by atoms with van der Waals surface area (Å²) in [6.07, 6.45) is 0. The molecule has 1 amide bonds. The van der Waals surface area contributed by atoms with Crippen LogP contribution in [0.1, 0.15) is 15.9 Å². The van der Waals surface area contributed by atoms with Gasteiger partial charge in [0.2, 0.25) is 0 Å². The molecule has 1 fully saturated rings. The van der Waals surface area contributed by atoms with Crippen molar-refractivity contribution < 1.29 is 19.0 Å². The second-order valence-electron chi connectivity index (χ2n) is 6.45. The van der Waals surface area contributed by atoms with Crippen LogP contribution < -0.4 is 14.2 Å². The highest BCUT2D eigenvalue weighted by Gasteiger charge is 2.24. The number of carbonyl (C=O) groups is 1. The number of benzene rings is 2. The van der Waals surface area contributed by atoms with Gasteiger partial charge >= 0.3 is 0 Å². The summed E-state index contributed by atoms with van der Waals surface area (Å²) in [4.78, 5) is 17.0. The highest BCUT2D eigenvalue weighted by atomic mass is 16.5. The largest absolute Gasteiger partial charge is 0.497 e. The van der Waals surface area contributed by atoms with Crippen LogP contribution in [0.2, 0.25) is 0 Å². The van der Waals surface area contributed by atoms with Crippen molar-refractivity contribution in [2.75, 3.05) is 47.5 Å². The molecular weight excluding hydrogens is 344 g/mol. The zero-order valence-electron chi connectivity index (χ0n) is 16.1. The molecule has 3 rings (SSSR count). The van der Waals surface area contributed by atoms with Crippen LogP contribution in [0, 0.1) is 0 Å². The third kappa shape index (κ3) is 4.34. The highest BCUT2D eigenvalue weighted by molar-refractivity contribution is 5.97. The van der Waals surface area contributed by atoms with E-state index in [4.69, 9.17) is 14.2 Å². The molecule has 6 heteroatoms. The van der Waals surface area contributed by atoms with Crippen molar-refractivity contribution in [2.45, 2.75) is 6.54 Å². The van der Waals surface area contributed by atoms with Crippen molar-refractivity contribution in [3.63, 3.8) is 0 Å². The number of rotatable bonds is 6. The Hall–Kier alpha value is -2.73. The van der Waals surface area contributed by atoms with E-state index in [2.05, 4.69) is 4.90 Å². The van der Waals surface area contributed by atoms with Gasteiger partial charge in [-0.25, -0.2) is 0 Å². The maximum Gasteiger partial charge on any atom is 0.257 e. The summed E-state index contributed by atoms with van der Waals surface area (Å²) >= 11 is 0. The molecule has 144 valence electrons. The first-order valence-corrected chi connectivity index (χ1v) is 9.01. The van der Waals surface area contributed by atoms with Gasteiger partial charge in [0, 0.05) is 44.4 Å². The number of nitrogens with zero attached hydrogens (tertiary/aromatic N) is 2. The van der Waals surface area contributed by atoms with Crippen molar-refractivity contribution in [2.24, 2.45) is 0 Å². The molecule has 1 aliphatic rings. The molecule has 0 N–H and O–H groups in total. The van der Waals surface area contributed by atoms with E-state index in [1.165, 1.54) is 0 Å². The lowest BCUT2D eigenvalue weighted by Crippen LogP contribution is -2.48. The molecule has 6 nitrogen and oxygen atoms in total. The van der Waals surface area contributed by atoms with Crippen LogP contribution in [-0.2, 0) is 6.54 Å². The van der Waals surface area contributed by atoms with Crippen molar-refractivity contribution >= 4 is 5.91 Å². The van der Waals surface area contributed by atoms with Crippen molar-refractivity contribution in [1.29, 1.82) is 0 Å². The molecule has 1 saturated heterocycles. The van der Waals surface area contributed by atoms with Gasteiger partial charge in [-0.3, -0.25) is 9.69 Å². The summed E-state index contributed by atoms with van der Waals surface area (Å²) < 4.78 is 16.1. The fourth-order valence-electron chi connectivity index (χ4n) is 3.32. The monoisotopic (exact) mass is 370 g/mol. The number of ether oxygens (including phenoxy) is 3. The SMILES string of the molecule is COc1ccc(CN2CCN(C(=O)c3ccccc3OC)CC2)c(OC)c1. The molecule has 0 aliphatic carbocycles. The summed E-state index contributed by atoms with van der Waals surface area (Å²) in [5.41, 5.74) is 1.73. The van der Waals surface area contributed by atoms with Crippen LogP contribution in [0.25, 0.3) is 0 Å². The van der Waals surface area contributed by atoms with Gasteiger partial charge in [0.05, 0.1) is 26.9 Å². The van der Waals surface area contributed by atoms with Crippen molar-refractivity contribution in [3.05, 3.63) is 53.6 Å². The molecule has 27 heavy (non-hydrogen) atoms. The van der Waals surface area contributed by atoms with Gasteiger partial charge in [-0.1, -0.05) is 18.2 Å². The van der Waals surface area contributed by atoms with Crippen LogP contribution in [0.3, 0.4) is 0 Å². The van der Waals surface area contributed by atoms with Gasteiger partial charge in [0.25, 0.3) is 5.91 Å². The number of piperazine rings is 1. The van der Waals surface area contributed by atoms with E-state index < -0.39 is 0 Å². The molecule has 0 bridgehead atoms. The summed E-state index contributed by atoms with van der Waals surface area (Å²) in [5, 5.41) is 0. The molecule has 2 aromatic rings. The first-order chi connectivity index (χ1) is 13.2. The highest BCUT2D eigenvalue weighted by Crippen LogP contribution is 2.26. The van der Waals surface area contributed by atoms with Gasteiger partial charge in [-0.15, -0.1) is 0 Å². The predicted octanol–water partition coefficient (Wildman–Crippen LogP) is 2.67. The fourth-order valence-corrected chi connectivity index (χ4v) is 3.32. The average molecular weight is 370 g/mol. The Morgan fingerprint density at radius 1 is 0.889 bits per heavy atom. The first-order valence-electron chi connectivity index (χ1n) is 9.01. The molecule has 1 heterocycles. The lowest BCUT2D eigenvalue weighted by atomic mass is 10.1. The smallest absolute Gasteiger partial charge is 0.257 e. The van der Waals surface area contributed by atoms with Crippen LogP contribution >= 0.6 is 0 Å². The summed E-state index contributed by atoms with van der Waals surface area (Å²) in [5.74, 6) is 2.24. The topological polar surface area (TPSA) is 51.2 Å². The third-order valence-corrected chi connectivity index (χ3v) is 4.89. The van der Waals surface area contributed by atoms with E-state index in [0.29, 0.717) is 24.4 Å². The maximum atomic E-state index is 12.8. The van der Waals surface area contributed by atoms with Gasteiger partial charge < -0.3 is 19.1 Å². The van der Waals surface area contributed by atoms with E-state index in [-0.39, 0.29) is 5.91 Å². The lowest BCUT2D eigenvalue weighted by Gasteiger charge is -2.35. The second kappa shape index (κ2) is 8.77. The molecule has 0 radical (unpaired) electrons. The Morgan fingerprint density at radius 2 is 1.59 bits per heavy atom. The van der Waals surface area contributed by atoms with E-state index in [0.717, 1.165) is 36.7 Å². The molecule has 0 unspecified atom stereocenters. The van der Waals surface area contributed by atoms with Crippen LogP contribution in [-0.4, -0.2) is 63.2 Å². The number of methoxy groups -OCH3 is 3. The molecular formula is C21H26N2O4.